The summed E-state index contributed by atoms with van der Waals surface area (Å²) in [6.45, 7) is 7.96. The molecule has 106 valence electrons. The minimum atomic E-state index is -0.364. The largest absolute Gasteiger partial charge is 0.390 e. The Kier molecular flexibility index (Phi) is 7.23. The monoisotopic (exact) mass is 257 g/mol. The number of rotatable bonds is 10. The molecule has 0 heterocycles. The summed E-state index contributed by atoms with van der Waals surface area (Å²) in [6.07, 6.45) is 2.38. The molecule has 5 nitrogen and oxygen atoms in total. The standard InChI is InChI=1S/C13H27N3O2/c1-3-16(4-2)10-12(17)9-14-8-7-13(18)15-11-5-6-11/h11-12,14,17H,3-10H2,1-2H3,(H,15,18). The number of amides is 1. The van der Waals surface area contributed by atoms with Crippen LogP contribution >= 0.6 is 0 Å². The molecule has 0 radical (unpaired) electrons. The van der Waals surface area contributed by atoms with Crippen LogP contribution in [0.25, 0.3) is 0 Å². The van der Waals surface area contributed by atoms with E-state index in [0.717, 1.165) is 25.9 Å². The van der Waals surface area contributed by atoms with Gasteiger partial charge in [-0.05, 0) is 25.9 Å². The maximum absolute atomic E-state index is 11.4. The lowest BCUT2D eigenvalue weighted by Gasteiger charge is -2.22. The summed E-state index contributed by atoms with van der Waals surface area (Å²) in [7, 11) is 0. The Morgan fingerprint density at radius 3 is 2.61 bits per heavy atom. The van der Waals surface area contributed by atoms with Gasteiger partial charge in [0.05, 0.1) is 6.10 Å². The van der Waals surface area contributed by atoms with Gasteiger partial charge in [0.25, 0.3) is 0 Å². The Balaban J connectivity index is 1.96. The van der Waals surface area contributed by atoms with Crippen molar-refractivity contribution in [2.24, 2.45) is 0 Å². The second-order valence-corrected chi connectivity index (χ2v) is 4.94. The van der Waals surface area contributed by atoms with Crippen molar-refractivity contribution in [3.05, 3.63) is 0 Å². The number of nitrogens with zero attached hydrogens (tertiary/aromatic N) is 1. The van der Waals surface area contributed by atoms with Gasteiger partial charge < -0.3 is 20.6 Å². The normalized spacial score (nSPS) is 16.9. The van der Waals surface area contributed by atoms with E-state index in [0.29, 0.717) is 32.1 Å². The van der Waals surface area contributed by atoms with Gasteiger partial charge in [0.1, 0.15) is 0 Å². The first kappa shape index (κ1) is 15.4. The van der Waals surface area contributed by atoms with Gasteiger partial charge in [0, 0.05) is 32.1 Å². The first-order valence-corrected chi connectivity index (χ1v) is 7.06. The van der Waals surface area contributed by atoms with Crippen LogP contribution < -0.4 is 10.6 Å². The summed E-state index contributed by atoms with van der Waals surface area (Å²) in [5, 5.41) is 15.9. The number of hydrogen-bond donors (Lipinski definition) is 3. The van der Waals surface area contributed by atoms with Gasteiger partial charge in [0.2, 0.25) is 5.91 Å². The highest BCUT2D eigenvalue weighted by Gasteiger charge is 2.22. The molecule has 0 saturated heterocycles. The van der Waals surface area contributed by atoms with Crippen molar-refractivity contribution in [1.82, 2.24) is 15.5 Å². The van der Waals surface area contributed by atoms with Gasteiger partial charge in [-0.15, -0.1) is 0 Å². The summed E-state index contributed by atoms with van der Waals surface area (Å²) in [6, 6.07) is 0.436. The van der Waals surface area contributed by atoms with E-state index in [4.69, 9.17) is 0 Å². The molecule has 0 aromatic rings. The van der Waals surface area contributed by atoms with Crippen LogP contribution in [0.3, 0.4) is 0 Å². The first-order chi connectivity index (χ1) is 8.65. The van der Waals surface area contributed by atoms with Crippen molar-refractivity contribution in [2.75, 3.05) is 32.7 Å². The highest BCUT2D eigenvalue weighted by molar-refractivity contribution is 5.76. The average molecular weight is 257 g/mol. The minimum absolute atomic E-state index is 0.114. The van der Waals surface area contributed by atoms with Crippen LogP contribution in [0.4, 0.5) is 0 Å². The quantitative estimate of drug-likeness (QED) is 0.480. The molecule has 18 heavy (non-hydrogen) atoms. The maximum atomic E-state index is 11.4. The second kappa shape index (κ2) is 8.45. The fourth-order valence-corrected chi connectivity index (χ4v) is 1.84. The molecule has 3 N–H and O–H groups in total. The fourth-order valence-electron chi connectivity index (χ4n) is 1.84. The summed E-state index contributed by atoms with van der Waals surface area (Å²) < 4.78 is 0. The molecule has 5 heteroatoms. The number of carbonyl (C=O) groups is 1. The van der Waals surface area contributed by atoms with Crippen LogP contribution in [-0.4, -0.2) is 60.8 Å². The van der Waals surface area contributed by atoms with Crippen molar-refractivity contribution >= 4 is 5.91 Å². The van der Waals surface area contributed by atoms with E-state index >= 15 is 0 Å². The highest BCUT2D eigenvalue weighted by Crippen LogP contribution is 2.18. The Labute approximate surface area is 110 Å². The van der Waals surface area contributed by atoms with E-state index in [2.05, 4.69) is 29.4 Å². The molecule has 0 aliphatic heterocycles. The summed E-state index contributed by atoms with van der Waals surface area (Å²) >= 11 is 0. The topological polar surface area (TPSA) is 64.6 Å². The molecule has 1 amide bonds. The molecule has 1 aliphatic rings. The van der Waals surface area contributed by atoms with Gasteiger partial charge in [-0.2, -0.15) is 0 Å². The number of hydrogen-bond acceptors (Lipinski definition) is 4. The number of nitrogens with one attached hydrogen (secondary N) is 2. The van der Waals surface area contributed by atoms with Gasteiger partial charge in [-0.25, -0.2) is 0 Å². The van der Waals surface area contributed by atoms with E-state index in [-0.39, 0.29) is 12.0 Å². The van der Waals surface area contributed by atoms with Crippen molar-refractivity contribution < 1.29 is 9.90 Å². The third-order valence-electron chi connectivity index (χ3n) is 3.21. The van der Waals surface area contributed by atoms with Gasteiger partial charge in [-0.3, -0.25) is 4.79 Å². The fraction of sp³-hybridized carbons (Fsp3) is 0.923. The molecule has 1 aliphatic carbocycles. The highest BCUT2D eigenvalue weighted by atomic mass is 16.3. The lowest BCUT2D eigenvalue weighted by atomic mass is 10.3. The minimum Gasteiger partial charge on any atom is -0.390 e. The molecule has 1 atom stereocenters. The molecule has 0 spiro atoms. The summed E-state index contributed by atoms with van der Waals surface area (Å²) in [5.74, 6) is 0.114. The lowest BCUT2D eigenvalue weighted by molar-refractivity contribution is -0.121. The van der Waals surface area contributed by atoms with Gasteiger partial charge in [-0.1, -0.05) is 13.8 Å². The van der Waals surface area contributed by atoms with E-state index in [1.165, 1.54) is 0 Å². The van der Waals surface area contributed by atoms with Crippen LogP contribution in [0.1, 0.15) is 33.1 Å². The van der Waals surface area contributed by atoms with E-state index in [1.54, 1.807) is 0 Å². The Hall–Kier alpha value is -0.650. The zero-order valence-electron chi connectivity index (χ0n) is 11.6. The third kappa shape index (κ3) is 6.93. The zero-order chi connectivity index (χ0) is 13.4. The van der Waals surface area contributed by atoms with E-state index in [9.17, 15) is 9.90 Å². The SMILES string of the molecule is CCN(CC)CC(O)CNCCC(=O)NC1CC1. The second-order valence-electron chi connectivity index (χ2n) is 4.94. The molecular weight excluding hydrogens is 230 g/mol. The maximum Gasteiger partial charge on any atom is 0.221 e. The third-order valence-corrected chi connectivity index (χ3v) is 3.21. The van der Waals surface area contributed by atoms with Gasteiger partial charge in [0.15, 0.2) is 0 Å². The molecule has 0 bridgehead atoms. The van der Waals surface area contributed by atoms with E-state index in [1.807, 2.05) is 0 Å². The zero-order valence-corrected chi connectivity index (χ0v) is 11.6. The lowest BCUT2D eigenvalue weighted by Crippen LogP contribution is -2.39. The van der Waals surface area contributed by atoms with Crippen molar-refractivity contribution in [3.8, 4) is 0 Å². The van der Waals surface area contributed by atoms with Crippen LogP contribution in [0.5, 0.6) is 0 Å². The number of likely N-dealkylation sites (N-methyl/N-ethyl adjacent to an activating group) is 1. The number of aliphatic hydroxyl groups is 1. The Morgan fingerprint density at radius 2 is 2.06 bits per heavy atom. The first-order valence-electron chi connectivity index (χ1n) is 7.06. The van der Waals surface area contributed by atoms with Crippen molar-refractivity contribution in [2.45, 2.75) is 45.3 Å². The van der Waals surface area contributed by atoms with Crippen molar-refractivity contribution in [1.29, 1.82) is 0 Å². The van der Waals surface area contributed by atoms with E-state index < -0.39 is 0 Å². The predicted octanol–water partition coefficient (Wildman–Crippen LogP) is -0.0526. The number of aliphatic hydroxyl groups excluding tert-OH is 1. The van der Waals surface area contributed by atoms with Gasteiger partial charge >= 0.3 is 0 Å². The molecule has 1 unspecified atom stereocenters. The van der Waals surface area contributed by atoms with Crippen LogP contribution in [0.2, 0.25) is 0 Å². The van der Waals surface area contributed by atoms with Crippen LogP contribution in [-0.2, 0) is 4.79 Å². The Bertz CT molecular complexity index is 240. The molecule has 1 fully saturated rings. The van der Waals surface area contributed by atoms with Crippen LogP contribution in [0.15, 0.2) is 0 Å². The average Bonchev–Trinajstić information content (AvgIpc) is 3.15. The van der Waals surface area contributed by atoms with Crippen LogP contribution in [0, 0.1) is 0 Å². The summed E-state index contributed by atoms with van der Waals surface area (Å²) in [5.41, 5.74) is 0. The molecule has 0 aromatic carbocycles. The molecule has 0 aromatic heterocycles. The Morgan fingerprint density at radius 1 is 1.39 bits per heavy atom. The smallest absolute Gasteiger partial charge is 0.221 e. The summed E-state index contributed by atoms with van der Waals surface area (Å²) in [4.78, 5) is 13.6. The van der Waals surface area contributed by atoms with Crippen molar-refractivity contribution in [3.63, 3.8) is 0 Å². The molecule has 1 saturated carbocycles. The molecule has 1 rings (SSSR count). The number of carbonyl (C=O) groups excluding carboxylic acids is 1. The predicted molar refractivity (Wildman–Crippen MR) is 72.4 cm³/mol. The molecular formula is C13H27N3O2.